The van der Waals surface area contributed by atoms with Crippen LogP contribution in [0.3, 0.4) is 0 Å². The number of nitrogens with zero attached hydrogens (tertiary/aromatic N) is 3. The molecule has 1 aromatic rings. The Labute approximate surface area is 164 Å². The van der Waals surface area contributed by atoms with Gasteiger partial charge in [-0.1, -0.05) is 32.9 Å². The maximum absolute atomic E-state index is 12.7. The van der Waals surface area contributed by atoms with E-state index in [1.165, 1.54) is 0 Å². The van der Waals surface area contributed by atoms with Crippen molar-refractivity contribution in [1.29, 1.82) is 0 Å². The van der Waals surface area contributed by atoms with Crippen molar-refractivity contribution in [2.75, 3.05) is 63.6 Å². The quantitative estimate of drug-likeness (QED) is 0.734. The summed E-state index contributed by atoms with van der Waals surface area (Å²) >= 11 is 0. The van der Waals surface area contributed by atoms with Crippen LogP contribution in [-0.4, -0.2) is 75.2 Å². The molecule has 1 unspecified atom stereocenters. The Balaban J connectivity index is 2.00. The third kappa shape index (κ3) is 7.03. The van der Waals surface area contributed by atoms with Gasteiger partial charge in [0.25, 0.3) is 0 Å². The highest BCUT2D eigenvalue weighted by atomic mass is 16.2. The van der Waals surface area contributed by atoms with Crippen LogP contribution in [0.5, 0.6) is 0 Å². The van der Waals surface area contributed by atoms with Crippen LogP contribution in [0.4, 0.5) is 16.2 Å². The van der Waals surface area contributed by atoms with Gasteiger partial charge in [-0.25, -0.2) is 4.79 Å². The van der Waals surface area contributed by atoms with Gasteiger partial charge >= 0.3 is 6.03 Å². The number of likely N-dealkylation sites (N-methyl/N-ethyl adjacent to an activating group) is 2. The van der Waals surface area contributed by atoms with Crippen LogP contribution in [0.1, 0.15) is 27.2 Å². The Bertz CT molecular complexity index is 572. The first kappa shape index (κ1) is 21.5. The monoisotopic (exact) mass is 375 g/mol. The number of hydrogen-bond acceptors (Lipinski definition) is 4. The van der Waals surface area contributed by atoms with E-state index < -0.39 is 0 Å². The van der Waals surface area contributed by atoms with Crippen LogP contribution >= 0.6 is 0 Å². The van der Waals surface area contributed by atoms with Crippen molar-refractivity contribution in [1.82, 2.24) is 15.1 Å². The molecule has 2 N–H and O–H groups in total. The highest BCUT2D eigenvalue weighted by Crippen LogP contribution is 2.26. The lowest BCUT2D eigenvalue weighted by molar-refractivity contribution is 0.240. The number of amides is 2. The number of hydrogen-bond donors (Lipinski definition) is 2. The number of carbonyl (C=O) groups is 1. The number of carbonyl (C=O) groups excluding carboxylic acids is 1. The van der Waals surface area contributed by atoms with E-state index in [4.69, 9.17) is 0 Å². The van der Waals surface area contributed by atoms with Crippen molar-refractivity contribution in [3.05, 3.63) is 24.3 Å². The van der Waals surface area contributed by atoms with Gasteiger partial charge in [0.2, 0.25) is 0 Å². The standard InChI is InChI=1S/C21H37N5O/c1-6-25-11-13-26(14-12-25)20-10-8-7-9-19(20)23-21(27)22-18(15-17(2)3)16-24(4)5/h7-10,17-18H,6,11-16H2,1-5H3,(H2,22,23,27). The van der Waals surface area contributed by atoms with Crippen molar-refractivity contribution in [2.45, 2.75) is 33.2 Å². The van der Waals surface area contributed by atoms with Gasteiger partial charge in [0.1, 0.15) is 0 Å². The molecule has 0 radical (unpaired) electrons. The Kier molecular flexibility index (Phi) is 8.38. The van der Waals surface area contributed by atoms with Crippen LogP contribution < -0.4 is 15.5 Å². The third-order valence-corrected chi connectivity index (χ3v) is 4.99. The molecule has 1 aromatic carbocycles. The fraction of sp³-hybridized carbons (Fsp3) is 0.667. The third-order valence-electron chi connectivity index (χ3n) is 4.99. The van der Waals surface area contributed by atoms with Crippen molar-refractivity contribution >= 4 is 17.4 Å². The molecule has 0 bridgehead atoms. The van der Waals surface area contributed by atoms with E-state index in [2.05, 4.69) is 52.2 Å². The molecule has 152 valence electrons. The molecule has 27 heavy (non-hydrogen) atoms. The smallest absolute Gasteiger partial charge is 0.319 e. The molecule has 2 rings (SSSR count). The average molecular weight is 376 g/mol. The van der Waals surface area contributed by atoms with E-state index in [1.54, 1.807) is 0 Å². The largest absolute Gasteiger partial charge is 0.367 e. The molecule has 1 saturated heterocycles. The second kappa shape index (κ2) is 10.5. The molecule has 1 aliphatic rings. The number of benzene rings is 1. The molecule has 1 fully saturated rings. The van der Waals surface area contributed by atoms with E-state index >= 15 is 0 Å². The van der Waals surface area contributed by atoms with Gasteiger partial charge < -0.3 is 25.3 Å². The van der Waals surface area contributed by atoms with Crippen molar-refractivity contribution < 1.29 is 4.79 Å². The van der Waals surface area contributed by atoms with E-state index in [9.17, 15) is 4.79 Å². The molecular formula is C21H37N5O. The summed E-state index contributed by atoms with van der Waals surface area (Å²) in [6.07, 6.45) is 0.965. The predicted octanol–water partition coefficient (Wildman–Crippen LogP) is 2.93. The summed E-state index contributed by atoms with van der Waals surface area (Å²) in [4.78, 5) is 19.6. The minimum Gasteiger partial charge on any atom is -0.367 e. The summed E-state index contributed by atoms with van der Waals surface area (Å²) in [5.74, 6) is 0.539. The van der Waals surface area contributed by atoms with Crippen molar-refractivity contribution in [3.63, 3.8) is 0 Å². The first-order chi connectivity index (χ1) is 12.9. The van der Waals surface area contributed by atoms with Gasteiger partial charge in [-0.15, -0.1) is 0 Å². The zero-order chi connectivity index (χ0) is 19.8. The van der Waals surface area contributed by atoms with Crippen LogP contribution in [0.2, 0.25) is 0 Å². The fourth-order valence-electron chi connectivity index (χ4n) is 3.69. The highest BCUT2D eigenvalue weighted by molar-refractivity contribution is 5.93. The summed E-state index contributed by atoms with van der Waals surface area (Å²) in [6.45, 7) is 12.6. The Morgan fingerprint density at radius 2 is 1.81 bits per heavy atom. The van der Waals surface area contributed by atoms with E-state index in [-0.39, 0.29) is 12.1 Å². The van der Waals surface area contributed by atoms with Crippen molar-refractivity contribution in [2.24, 2.45) is 5.92 Å². The minimum atomic E-state index is -0.123. The second-order valence-electron chi connectivity index (χ2n) is 8.13. The molecular weight excluding hydrogens is 338 g/mol. The topological polar surface area (TPSA) is 50.9 Å². The summed E-state index contributed by atoms with van der Waals surface area (Å²) in [5, 5.41) is 6.24. The van der Waals surface area contributed by atoms with Crippen LogP contribution in [0.15, 0.2) is 24.3 Å². The number of anilines is 2. The lowest BCUT2D eigenvalue weighted by Gasteiger charge is -2.36. The van der Waals surface area contributed by atoms with Gasteiger partial charge in [-0.2, -0.15) is 0 Å². The van der Waals surface area contributed by atoms with Crippen LogP contribution in [0.25, 0.3) is 0 Å². The molecule has 6 nitrogen and oxygen atoms in total. The molecule has 6 heteroatoms. The molecule has 1 atom stereocenters. The molecule has 1 aliphatic heterocycles. The number of urea groups is 1. The number of nitrogens with one attached hydrogen (secondary N) is 2. The number of rotatable bonds is 8. The lowest BCUT2D eigenvalue weighted by atomic mass is 10.0. The molecule has 1 heterocycles. The maximum atomic E-state index is 12.7. The lowest BCUT2D eigenvalue weighted by Crippen LogP contribution is -2.47. The summed E-state index contributed by atoms with van der Waals surface area (Å²) in [6, 6.07) is 8.13. The van der Waals surface area contributed by atoms with Gasteiger partial charge in [0.15, 0.2) is 0 Å². The van der Waals surface area contributed by atoms with Crippen molar-refractivity contribution in [3.8, 4) is 0 Å². The van der Waals surface area contributed by atoms with Crippen LogP contribution in [0, 0.1) is 5.92 Å². The van der Waals surface area contributed by atoms with E-state index in [0.29, 0.717) is 5.92 Å². The number of piperazine rings is 1. The molecule has 0 spiro atoms. The average Bonchev–Trinajstić information content (AvgIpc) is 2.61. The summed E-state index contributed by atoms with van der Waals surface area (Å²) in [5.41, 5.74) is 1.99. The second-order valence-corrected chi connectivity index (χ2v) is 8.13. The SMILES string of the molecule is CCN1CCN(c2ccccc2NC(=O)NC(CC(C)C)CN(C)C)CC1. The molecule has 0 aliphatic carbocycles. The van der Waals surface area contributed by atoms with E-state index in [1.807, 2.05) is 32.3 Å². The Hall–Kier alpha value is -1.79. The van der Waals surface area contributed by atoms with Crippen LogP contribution in [-0.2, 0) is 0 Å². The first-order valence-corrected chi connectivity index (χ1v) is 10.2. The Morgan fingerprint density at radius 3 is 2.41 bits per heavy atom. The van der Waals surface area contributed by atoms with Gasteiger partial charge in [0, 0.05) is 38.8 Å². The van der Waals surface area contributed by atoms with Gasteiger partial charge in [0.05, 0.1) is 11.4 Å². The summed E-state index contributed by atoms with van der Waals surface area (Å²) < 4.78 is 0. The van der Waals surface area contributed by atoms with Gasteiger partial charge in [-0.05, 0) is 45.1 Å². The molecule has 0 aromatic heterocycles. The fourth-order valence-corrected chi connectivity index (χ4v) is 3.69. The summed E-state index contributed by atoms with van der Waals surface area (Å²) in [7, 11) is 4.08. The zero-order valence-corrected chi connectivity index (χ0v) is 17.7. The van der Waals surface area contributed by atoms with E-state index in [0.717, 1.165) is 57.1 Å². The zero-order valence-electron chi connectivity index (χ0n) is 17.7. The first-order valence-electron chi connectivity index (χ1n) is 10.2. The van der Waals surface area contributed by atoms with Gasteiger partial charge in [-0.3, -0.25) is 0 Å². The maximum Gasteiger partial charge on any atom is 0.319 e. The Morgan fingerprint density at radius 1 is 1.15 bits per heavy atom. The number of para-hydroxylation sites is 2. The minimum absolute atomic E-state index is 0.123. The normalized spacial score (nSPS) is 16.6. The predicted molar refractivity (Wildman–Crippen MR) is 115 cm³/mol. The molecule has 2 amide bonds. The molecule has 0 saturated carbocycles. The highest BCUT2D eigenvalue weighted by Gasteiger charge is 2.20.